The Labute approximate surface area is 156 Å². The standard InChI is InChI=1S/C19H27N3O3S/c1-14-5-6-17(13-15(14)2)18-16(3)19(21-26(18,23)24)20-7-4-8-22-9-11-25-12-10-22/h5-6,13H,4,7-12H2,1-3H3,(H,20,21). The first-order chi connectivity index (χ1) is 12.4. The molecule has 0 bridgehead atoms. The van der Waals surface area contributed by atoms with Crippen molar-refractivity contribution in [3.63, 3.8) is 0 Å². The fourth-order valence-corrected chi connectivity index (χ4v) is 4.79. The van der Waals surface area contributed by atoms with E-state index in [4.69, 9.17) is 4.74 Å². The Kier molecular flexibility index (Phi) is 5.79. The van der Waals surface area contributed by atoms with Gasteiger partial charge in [0.25, 0.3) is 10.0 Å². The van der Waals surface area contributed by atoms with E-state index in [-0.39, 0.29) is 0 Å². The van der Waals surface area contributed by atoms with Crippen molar-refractivity contribution in [2.75, 3.05) is 39.4 Å². The van der Waals surface area contributed by atoms with Crippen LogP contribution in [-0.4, -0.2) is 58.5 Å². The van der Waals surface area contributed by atoms with Gasteiger partial charge in [0.1, 0.15) is 10.7 Å². The van der Waals surface area contributed by atoms with Crippen molar-refractivity contribution in [1.29, 1.82) is 0 Å². The van der Waals surface area contributed by atoms with Gasteiger partial charge in [-0.25, -0.2) is 8.42 Å². The summed E-state index contributed by atoms with van der Waals surface area (Å²) in [5, 5.41) is 0. The van der Waals surface area contributed by atoms with Gasteiger partial charge in [0.2, 0.25) is 0 Å². The van der Waals surface area contributed by atoms with E-state index >= 15 is 0 Å². The van der Waals surface area contributed by atoms with E-state index in [1.165, 1.54) is 0 Å². The maximum Gasteiger partial charge on any atom is 0.264 e. The van der Waals surface area contributed by atoms with Gasteiger partial charge >= 0.3 is 0 Å². The number of nitrogens with one attached hydrogen (secondary N) is 1. The first-order valence-corrected chi connectivity index (χ1v) is 10.5. The van der Waals surface area contributed by atoms with Crippen LogP contribution in [0, 0.1) is 13.8 Å². The van der Waals surface area contributed by atoms with Crippen molar-refractivity contribution < 1.29 is 13.2 Å². The number of rotatable bonds is 5. The second-order valence-electron chi connectivity index (χ2n) is 6.90. The fourth-order valence-electron chi connectivity index (χ4n) is 3.28. The van der Waals surface area contributed by atoms with E-state index in [9.17, 15) is 8.42 Å². The predicted molar refractivity (Wildman–Crippen MR) is 105 cm³/mol. The van der Waals surface area contributed by atoms with Crippen molar-refractivity contribution in [2.24, 2.45) is 4.99 Å². The number of hydrogen-bond donors (Lipinski definition) is 1. The Morgan fingerprint density at radius 3 is 2.58 bits per heavy atom. The topological polar surface area (TPSA) is 71.0 Å². The molecule has 0 saturated carbocycles. The van der Waals surface area contributed by atoms with Crippen LogP contribution >= 0.6 is 0 Å². The summed E-state index contributed by atoms with van der Waals surface area (Å²) in [5.41, 5.74) is 3.64. The number of sulfonamides is 1. The van der Waals surface area contributed by atoms with Gasteiger partial charge in [-0.05, 0) is 43.9 Å². The van der Waals surface area contributed by atoms with Gasteiger partial charge < -0.3 is 4.74 Å². The molecule has 1 N–H and O–H groups in total. The Balaban J connectivity index is 1.72. The van der Waals surface area contributed by atoms with Gasteiger partial charge in [0.15, 0.2) is 0 Å². The normalized spacial score (nSPS) is 22.0. The third-order valence-electron chi connectivity index (χ3n) is 4.97. The summed E-state index contributed by atoms with van der Waals surface area (Å²) in [6.45, 7) is 10.9. The highest BCUT2D eigenvalue weighted by atomic mass is 32.2. The van der Waals surface area contributed by atoms with Gasteiger partial charge in [-0.3, -0.25) is 14.6 Å². The van der Waals surface area contributed by atoms with Crippen LogP contribution in [0.15, 0.2) is 28.8 Å². The molecule has 0 amide bonds. The Bertz CT molecular complexity index is 838. The van der Waals surface area contributed by atoms with Crippen LogP contribution in [0.5, 0.6) is 0 Å². The lowest BCUT2D eigenvalue weighted by atomic mass is 10.0. The summed E-state index contributed by atoms with van der Waals surface area (Å²) in [6, 6.07) is 5.74. The average Bonchev–Trinajstić information content (AvgIpc) is 2.84. The molecule has 1 fully saturated rings. The van der Waals surface area contributed by atoms with E-state index in [2.05, 4.69) is 14.6 Å². The molecule has 1 saturated heterocycles. The fraction of sp³-hybridized carbons (Fsp3) is 0.526. The average molecular weight is 378 g/mol. The van der Waals surface area contributed by atoms with Gasteiger partial charge in [0, 0.05) is 31.8 Å². The van der Waals surface area contributed by atoms with E-state index < -0.39 is 10.0 Å². The van der Waals surface area contributed by atoms with E-state index in [0.29, 0.717) is 22.9 Å². The molecule has 0 radical (unpaired) electrons. The van der Waals surface area contributed by atoms with Crippen LogP contribution in [-0.2, 0) is 14.8 Å². The molecule has 0 aromatic heterocycles. The SMILES string of the molecule is CC1=C(c2ccc(C)c(C)c2)S(=O)(=O)NC1=NCCCN1CCOCC1. The number of morpholine rings is 1. The van der Waals surface area contributed by atoms with Crippen molar-refractivity contribution in [2.45, 2.75) is 27.2 Å². The van der Waals surface area contributed by atoms with E-state index in [1.54, 1.807) is 0 Å². The zero-order valence-corrected chi connectivity index (χ0v) is 16.5. The minimum Gasteiger partial charge on any atom is -0.379 e. The van der Waals surface area contributed by atoms with Crippen LogP contribution in [0.1, 0.15) is 30.0 Å². The monoisotopic (exact) mass is 377 g/mol. The number of benzene rings is 1. The first-order valence-electron chi connectivity index (χ1n) is 9.05. The summed E-state index contributed by atoms with van der Waals surface area (Å²) < 4.78 is 33.1. The lowest BCUT2D eigenvalue weighted by Crippen LogP contribution is -2.37. The summed E-state index contributed by atoms with van der Waals surface area (Å²) in [7, 11) is -3.55. The number of ether oxygens (including phenoxy) is 1. The molecule has 6 nitrogen and oxygen atoms in total. The van der Waals surface area contributed by atoms with Crippen LogP contribution in [0.4, 0.5) is 0 Å². The number of nitrogens with zero attached hydrogens (tertiary/aromatic N) is 2. The molecular weight excluding hydrogens is 350 g/mol. The smallest absolute Gasteiger partial charge is 0.264 e. The van der Waals surface area contributed by atoms with Crippen LogP contribution in [0.25, 0.3) is 4.91 Å². The molecule has 3 rings (SSSR count). The third-order valence-corrected chi connectivity index (χ3v) is 6.51. The maximum absolute atomic E-state index is 12.6. The lowest BCUT2D eigenvalue weighted by Gasteiger charge is -2.26. The second-order valence-corrected chi connectivity index (χ2v) is 8.52. The molecule has 7 heteroatoms. The molecule has 1 aromatic rings. The first kappa shape index (κ1) is 19.1. The molecule has 2 heterocycles. The highest BCUT2D eigenvalue weighted by Crippen LogP contribution is 2.30. The summed E-state index contributed by atoms with van der Waals surface area (Å²) in [5.74, 6) is 0.472. The van der Waals surface area contributed by atoms with Crippen LogP contribution in [0.2, 0.25) is 0 Å². The van der Waals surface area contributed by atoms with Gasteiger partial charge in [-0.1, -0.05) is 18.2 Å². The van der Waals surface area contributed by atoms with Crippen LogP contribution < -0.4 is 4.72 Å². The quantitative estimate of drug-likeness (QED) is 0.798. The molecule has 2 aliphatic heterocycles. The highest BCUT2D eigenvalue weighted by Gasteiger charge is 2.32. The van der Waals surface area contributed by atoms with E-state index in [1.807, 2.05) is 39.0 Å². The minimum atomic E-state index is -3.55. The molecule has 0 atom stereocenters. The highest BCUT2D eigenvalue weighted by molar-refractivity contribution is 8.00. The van der Waals surface area contributed by atoms with Crippen molar-refractivity contribution in [1.82, 2.24) is 9.62 Å². The molecule has 2 aliphatic rings. The summed E-state index contributed by atoms with van der Waals surface area (Å²) in [4.78, 5) is 7.20. The third kappa shape index (κ3) is 4.16. The number of aryl methyl sites for hydroxylation is 2. The number of amidine groups is 1. The second kappa shape index (κ2) is 7.90. The molecule has 0 aliphatic carbocycles. The molecule has 0 spiro atoms. The number of aliphatic imine (C=N–C) groups is 1. The molecular formula is C19H27N3O3S. The zero-order valence-electron chi connectivity index (χ0n) is 15.7. The largest absolute Gasteiger partial charge is 0.379 e. The molecule has 142 valence electrons. The van der Waals surface area contributed by atoms with Gasteiger partial charge in [-0.15, -0.1) is 0 Å². The molecule has 1 aromatic carbocycles. The van der Waals surface area contributed by atoms with Crippen molar-refractivity contribution in [3.05, 3.63) is 40.5 Å². The Hall–Kier alpha value is -1.70. The maximum atomic E-state index is 12.6. The predicted octanol–water partition coefficient (Wildman–Crippen LogP) is 2.09. The van der Waals surface area contributed by atoms with Crippen molar-refractivity contribution >= 4 is 20.8 Å². The zero-order chi connectivity index (χ0) is 18.7. The minimum absolute atomic E-state index is 0.340. The Morgan fingerprint density at radius 1 is 1.15 bits per heavy atom. The number of hydrogen-bond acceptors (Lipinski definition) is 5. The summed E-state index contributed by atoms with van der Waals surface area (Å²) >= 11 is 0. The summed E-state index contributed by atoms with van der Waals surface area (Å²) in [6.07, 6.45) is 0.900. The van der Waals surface area contributed by atoms with Gasteiger partial charge in [-0.2, -0.15) is 0 Å². The lowest BCUT2D eigenvalue weighted by molar-refractivity contribution is 0.0377. The van der Waals surface area contributed by atoms with E-state index in [0.717, 1.165) is 56.0 Å². The Morgan fingerprint density at radius 2 is 1.88 bits per heavy atom. The molecule has 0 unspecified atom stereocenters. The van der Waals surface area contributed by atoms with Crippen molar-refractivity contribution in [3.8, 4) is 0 Å². The molecule has 26 heavy (non-hydrogen) atoms. The van der Waals surface area contributed by atoms with Crippen LogP contribution in [0.3, 0.4) is 0 Å². The van der Waals surface area contributed by atoms with Gasteiger partial charge in [0.05, 0.1) is 13.2 Å².